The van der Waals surface area contributed by atoms with E-state index in [-0.39, 0.29) is 6.04 Å². The van der Waals surface area contributed by atoms with Crippen LogP contribution in [0.15, 0.2) is 66.7 Å². The third-order valence-corrected chi connectivity index (χ3v) is 4.57. The molecule has 1 unspecified atom stereocenters. The Morgan fingerprint density at radius 3 is 2.46 bits per heavy atom. The molecule has 0 saturated heterocycles. The van der Waals surface area contributed by atoms with Crippen LogP contribution < -0.4 is 10.1 Å². The standard InChI is InChI=1S/C23H27NO2/c1-3-25-15-16-26-23-14-13-20-11-7-8-12-21(20)22(23)17-24-18(2)19-9-5-4-6-10-19/h4-14,18,24H,3,15-17H2,1-2H3. The predicted octanol–water partition coefficient (Wildman–Crippen LogP) is 5.11. The molecule has 0 heterocycles. The summed E-state index contributed by atoms with van der Waals surface area (Å²) in [5.74, 6) is 0.927. The number of hydrogen-bond acceptors (Lipinski definition) is 3. The van der Waals surface area contributed by atoms with Gasteiger partial charge in [-0.15, -0.1) is 0 Å². The molecule has 26 heavy (non-hydrogen) atoms. The molecule has 0 aliphatic heterocycles. The van der Waals surface area contributed by atoms with Gasteiger partial charge in [-0.05, 0) is 36.2 Å². The summed E-state index contributed by atoms with van der Waals surface area (Å²) in [5.41, 5.74) is 2.48. The number of ether oxygens (including phenoxy) is 2. The highest BCUT2D eigenvalue weighted by molar-refractivity contribution is 5.87. The van der Waals surface area contributed by atoms with Crippen molar-refractivity contribution >= 4 is 10.8 Å². The number of hydrogen-bond donors (Lipinski definition) is 1. The lowest BCUT2D eigenvalue weighted by Crippen LogP contribution is -2.19. The fraction of sp³-hybridized carbons (Fsp3) is 0.304. The molecule has 0 aliphatic carbocycles. The van der Waals surface area contributed by atoms with Crippen LogP contribution >= 0.6 is 0 Å². The summed E-state index contributed by atoms with van der Waals surface area (Å²) in [4.78, 5) is 0. The highest BCUT2D eigenvalue weighted by atomic mass is 16.5. The van der Waals surface area contributed by atoms with Crippen LogP contribution in [-0.2, 0) is 11.3 Å². The van der Waals surface area contributed by atoms with E-state index in [1.807, 2.05) is 13.0 Å². The van der Waals surface area contributed by atoms with E-state index >= 15 is 0 Å². The fourth-order valence-corrected chi connectivity index (χ4v) is 3.10. The van der Waals surface area contributed by atoms with Crippen LogP contribution in [0.2, 0.25) is 0 Å². The minimum Gasteiger partial charge on any atom is -0.491 e. The Morgan fingerprint density at radius 2 is 1.65 bits per heavy atom. The highest BCUT2D eigenvalue weighted by Crippen LogP contribution is 2.29. The lowest BCUT2D eigenvalue weighted by Gasteiger charge is -2.18. The van der Waals surface area contributed by atoms with Crippen molar-refractivity contribution in [1.82, 2.24) is 5.32 Å². The monoisotopic (exact) mass is 349 g/mol. The number of fused-ring (bicyclic) bond motifs is 1. The second-order valence-corrected chi connectivity index (χ2v) is 6.32. The van der Waals surface area contributed by atoms with Gasteiger partial charge in [0, 0.05) is 24.8 Å². The molecule has 3 aromatic rings. The fourth-order valence-electron chi connectivity index (χ4n) is 3.10. The van der Waals surface area contributed by atoms with Gasteiger partial charge in [0.1, 0.15) is 12.4 Å². The number of benzene rings is 3. The first-order valence-electron chi connectivity index (χ1n) is 9.29. The average Bonchev–Trinajstić information content (AvgIpc) is 2.70. The molecule has 3 nitrogen and oxygen atoms in total. The van der Waals surface area contributed by atoms with E-state index in [0.717, 1.165) is 12.3 Å². The maximum Gasteiger partial charge on any atom is 0.124 e. The van der Waals surface area contributed by atoms with Gasteiger partial charge in [0.25, 0.3) is 0 Å². The Labute approximate surface area is 156 Å². The van der Waals surface area contributed by atoms with Crippen molar-refractivity contribution in [2.75, 3.05) is 19.8 Å². The lowest BCUT2D eigenvalue weighted by atomic mass is 10.0. The molecule has 0 bridgehead atoms. The summed E-state index contributed by atoms with van der Waals surface area (Å²) in [7, 11) is 0. The van der Waals surface area contributed by atoms with E-state index in [9.17, 15) is 0 Å². The molecular weight excluding hydrogens is 322 g/mol. The second-order valence-electron chi connectivity index (χ2n) is 6.32. The SMILES string of the molecule is CCOCCOc1ccc2ccccc2c1CNC(C)c1ccccc1. The zero-order valence-corrected chi connectivity index (χ0v) is 15.6. The largest absolute Gasteiger partial charge is 0.491 e. The molecule has 0 saturated carbocycles. The van der Waals surface area contributed by atoms with Crippen molar-refractivity contribution < 1.29 is 9.47 Å². The molecule has 3 heteroatoms. The van der Waals surface area contributed by atoms with E-state index in [0.29, 0.717) is 19.8 Å². The Balaban J connectivity index is 1.79. The Bertz CT molecular complexity index is 817. The summed E-state index contributed by atoms with van der Waals surface area (Å²) >= 11 is 0. The summed E-state index contributed by atoms with van der Waals surface area (Å²) in [5, 5.41) is 6.10. The third kappa shape index (κ3) is 4.63. The molecule has 1 atom stereocenters. The molecule has 0 aliphatic rings. The first-order valence-corrected chi connectivity index (χ1v) is 9.29. The highest BCUT2D eigenvalue weighted by Gasteiger charge is 2.11. The van der Waals surface area contributed by atoms with Crippen LogP contribution in [0.3, 0.4) is 0 Å². The Kier molecular flexibility index (Phi) is 6.64. The van der Waals surface area contributed by atoms with Crippen molar-refractivity contribution in [2.45, 2.75) is 26.4 Å². The molecule has 0 radical (unpaired) electrons. The number of nitrogens with one attached hydrogen (secondary N) is 1. The van der Waals surface area contributed by atoms with Crippen molar-refractivity contribution in [3.05, 3.63) is 77.9 Å². The smallest absolute Gasteiger partial charge is 0.124 e. The molecule has 3 rings (SSSR count). The van der Waals surface area contributed by atoms with Crippen LogP contribution in [0.1, 0.15) is 31.0 Å². The lowest BCUT2D eigenvalue weighted by molar-refractivity contribution is 0.110. The van der Waals surface area contributed by atoms with Gasteiger partial charge in [0.2, 0.25) is 0 Å². The second kappa shape index (κ2) is 9.37. The van der Waals surface area contributed by atoms with Crippen molar-refractivity contribution in [3.63, 3.8) is 0 Å². The van der Waals surface area contributed by atoms with Crippen molar-refractivity contribution in [3.8, 4) is 5.75 Å². The van der Waals surface area contributed by atoms with Crippen molar-refractivity contribution in [2.24, 2.45) is 0 Å². The van der Waals surface area contributed by atoms with Crippen LogP contribution in [0.5, 0.6) is 5.75 Å². The molecule has 1 N–H and O–H groups in total. The summed E-state index contributed by atoms with van der Waals surface area (Å²) < 4.78 is 11.4. The number of rotatable bonds is 9. The molecule has 0 spiro atoms. The van der Waals surface area contributed by atoms with Gasteiger partial charge in [0.15, 0.2) is 0 Å². The minimum atomic E-state index is 0.270. The summed E-state index contributed by atoms with van der Waals surface area (Å²) in [6.45, 7) is 6.82. The van der Waals surface area contributed by atoms with Crippen LogP contribution in [0.25, 0.3) is 10.8 Å². The van der Waals surface area contributed by atoms with Gasteiger partial charge in [0.05, 0.1) is 6.61 Å². The van der Waals surface area contributed by atoms with Crippen LogP contribution in [-0.4, -0.2) is 19.8 Å². The quantitative estimate of drug-likeness (QED) is 0.545. The van der Waals surface area contributed by atoms with Gasteiger partial charge in [-0.3, -0.25) is 0 Å². The van der Waals surface area contributed by atoms with E-state index in [1.54, 1.807) is 0 Å². The van der Waals surface area contributed by atoms with Gasteiger partial charge in [-0.25, -0.2) is 0 Å². The first kappa shape index (κ1) is 18.4. The van der Waals surface area contributed by atoms with E-state index in [1.165, 1.54) is 21.9 Å². The normalized spacial score (nSPS) is 12.2. The molecule has 0 amide bonds. The molecular formula is C23H27NO2. The topological polar surface area (TPSA) is 30.5 Å². The van der Waals surface area contributed by atoms with Gasteiger partial charge >= 0.3 is 0 Å². The zero-order valence-electron chi connectivity index (χ0n) is 15.6. The maximum atomic E-state index is 6.02. The van der Waals surface area contributed by atoms with E-state index in [2.05, 4.69) is 72.9 Å². The van der Waals surface area contributed by atoms with Gasteiger partial charge < -0.3 is 14.8 Å². The van der Waals surface area contributed by atoms with E-state index < -0.39 is 0 Å². The molecule has 0 aromatic heterocycles. The predicted molar refractivity (Wildman–Crippen MR) is 108 cm³/mol. The van der Waals surface area contributed by atoms with Crippen LogP contribution in [0.4, 0.5) is 0 Å². The average molecular weight is 349 g/mol. The van der Waals surface area contributed by atoms with Gasteiger partial charge in [-0.1, -0.05) is 60.7 Å². The van der Waals surface area contributed by atoms with E-state index in [4.69, 9.17) is 9.47 Å². The zero-order chi connectivity index (χ0) is 18.2. The van der Waals surface area contributed by atoms with Crippen LogP contribution in [0, 0.1) is 0 Å². The van der Waals surface area contributed by atoms with Gasteiger partial charge in [-0.2, -0.15) is 0 Å². The third-order valence-electron chi connectivity index (χ3n) is 4.57. The minimum absolute atomic E-state index is 0.270. The molecule has 136 valence electrons. The van der Waals surface area contributed by atoms with Crippen molar-refractivity contribution in [1.29, 1.82) is 0 Å². The molecule has 3 aromatic carbocycles. The summed E-state index contributed by atoms with van der Waals surface area (Å²) in [6.07, 6.45) is 0. The summed E-state index contributed by atoms with van der Waals surface area (Å²) in [6, 6.07) is 23.4. The maximum absolute atomic E-state index is 6.02. The molecule has 0 fully saturated rings. The Morgan fingerprint density at radius 1 is 0.885 bits per heavy atom. The first-order chi connectivity index (χ1) is 12.8. The Hall–Kier alpha value is -2.36.